The van der Waals surface area contributed by atoms with Crippen LogP contribution >= 0.6 is 0 Å². The fourth-order valence-electron chi connectivity index (χ4n) is 3.24. The van der Waals surface area contributed by atoms with Gasteiger partial charge in [-0.2, -0.15) is 13.2 Å². The van der Waals surface area contributed by atoms with Crippen molar-refractivity contribution < 1.29 is 18.3 Å². The van der Waals surface area contributed by atoms with Crippen LogP contribution in [0, 0.1) is 6.92 Å². The summed E-state index contributed by atoms with van der Waals surface area (Å²) in [5.41, 5.74) is -0.0161. The van der Waals surface area contributed by atoms with Crippen LogP contribution in [0.4, 0.5) is 19.0 Å². The zero-order valence-electron chi connectivity index (χ0n) is 14.6. The van der Waals surface area contributed by atoms with Crippen LogP contribution in [0.15, 0.2) is 24.3 Å². The molecule has 3 N–H and O–H groups in total. The second-order valence-electron chi connectivity index (χ2n) is 6.62. The fraction of sp³-hybridized carbons (Fsp3) is 0.444. The minimum atomic E-state index is -4.51. The zero-order valence-corrected chi connectivity index (χ0v) is 14.6. The van der Waals surface area contributed by atoms with Crippen molar-refractivity contribution in [3.8, 4) is 17.0 Å². The molecule has 3 rings (SSSR count). The number of phenols is 1. The number of aryl methyl sites for hydroxylation is 1. The third kappa shape index (κ3) is 3.90. The summed E-state index contributed by atoms with van der Waals surface area (Å²) >= 11 is 0. The molecule has 1 aliphatic rings. The highest BCUT2D eigenvalue weighted by Crippen LogP contribution is 2.38. The van der Waals surface area contributed by atoms with E-state index < -0.39 is 17.5 Å². The number of aromatic hydroxyl groups is 1. The average molecular weight is 366 g/mol. The predicted molar refractivity (Wildman–Crippen MR) is 93.0 cm³/mol. The van der Waals surface area contributed by atoms with Gasteiger partial charge in [-0.1, -0.05) is 0 Å². The molecule has 2 atom stereocenters. The van der Waals surface area contributed by atoms with Crippen LogP contribution in [0.25, 0.3) is 11.3 Å². The van der Waals surface area contributed by atoms with Crippen molar-refractivity contribution in [2.75, 3.05) is 11.9 Å². The highest BCUT2D eigenvalue weighted by Gasteiger charge is 2.32. The summed E-state index contributed by atoms with van der Waals surface area (Å²) in [7, 11) is 0. The molecule has 5 nitrogen and oxygen atoms in total. The van der Waals surface area contributed by atoms with Crippen molar-refractivity contribution in [3.05, 3.63) is 35.4 Å². The number of phenolic OH excluding ortho intramolecular Hbond substituents is 1. The number of piperidine rings is 1. The lowest BCUT2D eigenvalue weighted by Gasteiger charge is -2.30. The van der Waals surface area contributed by atoms with E-state index in [0.29, 0.717) is 23.6 Å². The molecule has 2 aromatic rings. The van der Waals surface area contributed by atoms with Gasteiger partial charge in [-0.05, 0) is 63.1 Å². The van der Waals surface area contributed by atoms with Crippen molar-refractivity contribution in [2.24, 2.45) is 0 Å². The Morgan fingerprint density at radius 3 is 2.58 bits per heavy atom. The number of aromatic nitrogens is 2. The van der Waals surface area contributed by atoms with Crippen LogP contribution in [0.5, 0.6) is 5.75 Å². The lowest BCUT2D eigenvalue weighted by Crippen LogP contribution is -2.46. The van der Waals surface area contributed by atoms with E-state index >= 15 is 0 Å². The Hall–Kier alpha value is -2.35. The number of benzene rings is 1. The standard InChI is InChI=1S/C18H21F3N4O/c1-10-8-12(18(19,20)21)9-15(26)17(10)14-5-6-16(25-24-14)23-13-4-3-7-22-11(13)2/h5-6,8-9,11,13,22,26H,3-4,7H2,1-2H3,(H,23,25). The van der Waals surface area contributed by atoms with Gasteiger partial charge in [-0.3, -0.25) is 0 Å². The zero-order chi connectivity index (χ0) is 18.9. The number of halogens is 3. The van der Waals surface area contributed by atoms with Gasteiger partial charge in [0.2, 0.25) is 0 Å². The summed E-state index contributed by atoms with van der Waals surface area (Å²) in [5, 5.41) is 25.0. The van der Waals surface area contributed by atoms with Crippen LogP contribution in [-0.4, -0.2) is 33.9 Å². The molecule has 2 heterocycles. The second-order valence-corrected chi connectivity index (χ2v) is 6.62. The van der Waals surface area contributed by atoms with Crippen LogP contribution in [0.1, 0.15) is 30.9 Å². The van der Waals surface area contributed by atoms with E-state index in [1.165, 1.54) is 6.92 Å². The van der Waals surface area contributed by atoms with Gasteiger partial charge < -0.3 is 15.7 Å². The topological polar surface area (TPSA) is 70.1 Å². The maximum atomic E-state index is 12.8. The molecule has 1 aromatic heterocycles. The van der Waals surface area contributed by atoms with E-state index in [-0.39, 0.29) is 17.2 Å². The number of hydrogen-bond donors (Lipinski definition) is 3. The van der Waals surface area contributed by atoms with E-state index in [1.807, 2.05) is 0 Å². The van der Waals surface area contributed by atoms with E-state index in [2.05, 4.69) is 27.8 Å². The number of hydrogen-bond acceptors (Lipinski definition) is 5. The van der Waals surface area contributed by atoms with Crippen molar-refractivity contribution in [2.45, 2.75) is 44.9 Å². The predicted octanol–water partition coefficient (Wildman–Crippen LogP) is 3.73. The summed E-state index contributed by atoms with van der Waals surface area (Å²) in [6, 6.07) is 5.63. The number of nitrogens with zero attached hydrogens (tertiary/aromatic N) is 2. The maximum Gasteiger partial charge on any atom is 0.416 e. The van der Waals surface area contributed by atoms with Gasteiger partial charge in [-0.15, -0.1) is 10.2 Å². The molecule has 26 heavy (non-hydrogen) atoms. The van der Waals surface area contributed by atoms with Gasteiger partial charge in [0.1, 0.15) is 11.6 Å². The van der Waals surface area contributed by atoms with Crippen molar-refractivity contribution in [3.63, 3.8) is 0 Å². The average Bonchev–Trinajstić information content (AvgIpc) is 2.57. The highest BCUT2D eigenvalue weighted by atomic mass is 19.4. The first-order chi connectivity index (χ1) is 12.3. The Morgan fingerprint density at radius 2 is 2.00 bits per heavy atom. The SMILES string of the molecule is Cc1cc(C(F)(F)F)cc(O)c1-c1ccc(NC2CCCNC2C)nn1. The summed E-state index contributed by atoms with van der Waals surface area (Å²) in [6.45, 7) is 4.60. The third-order valence-electron chi connectivity index (χ3n) is 4.66. The van der Waals surface area contributed by atoms with Gasteiger partial charge in [-0.25, -0.2) is 0 Å². The monoisotopic (exact) mass is 366 g/mol. The Balaban J connectivity index is 1.82. The van der Waals surface area contributed by atoms with E-state index in [9.17, 15) is 18.3 Å². The Labute approximate surface area is 149 Å². The van der Waals surface area contributed by atoms with E-state index in [4.69, 9.17) is 0 Å². The molecule has 1 aromatic carbocycles. The summed E-state index contributed by atoms with van der Waals surface area (Å²) in [4.78, 5) is 0. The number of anilines is 1. The fourth-order valence-corrected chi connectivity index (χ4v) is 3.24. The van der Waals surface area contributed by atoms with Gasteiger partial charge in [0.15, 0.2) is 0 Å². The third-order valence-corrected chi connectivity index (χ3v) is 4.66. The molecule has 0 radical (unpaired) electrons. The molecule has 1 fully saturated rings. The van der Waals surface area contributed by atoms with Crippen LogP contribution in [0.2, 0.25) is 0 Å². The van der Waals surface area contributed by atoms with Crippen molar-refractivity contribution >= 4 is 5.82 Å². The Kier molecular flexibility index (Phi) is 5.04. The molecule has 0 bridgehead atoms. The molecular formula is C18H21F3N4O. The number of alkyl halides is 3. The first-order valence-corrected chi connectivity index (χ1v) is 8.50. The molecule has 0 amide bonds. The Morgan fingerprint density at radius 1 is 1.23 bits per heavy atom. The van der Waals surface area contributed by atoms with E-state index in [1.54, 1.807) is 12.1 Å². The number of rotatable bonds is 3. The normalized spacial score (nSPS) is 20.8. The van der Waals surface area contributed by atoms with Crippen LogP contribution in [-0.2, 0) is 6.18 Å². The number of nitrogens with one attached hydrogen (secondary N) is 2. The lowest BCUT2D eigenvalue weighted by atomic mass is 9.99. The van der Waals surface area contributed by atoms with Gasteiger partial charge in [0, 0.05) is 17.6 Å². The molecule has 1 saturated heterocycles. The second kappa shape index (κ2) is 7.11. The maximum absolute atomic E-state index is 12.8. The highest BCUT2D eigenvalue weighted by molar-refractivity contribution is 5.71. The van der Waals surface area contributed by atoms with Crippen molar-refractivity contribution in [1.29, 1.82) is 0 Å². The van der Waals surface area contributed by atoms with E-state index in [0.717, 1.165) is 25.5 Å². The molecule has 1 aliphatic heterocycles. The summed E-state index contributed by atoms with van der Waals surface area (Å²) < 4.78 is 38.5. The van der Waals surface area contributed by atoms with Gasteiger partial charge in [0.05, 0.1) is 11.3 Å². The Bertz CT molecular complexity index is 754. The molecule has 0 spiro atoms. The molecule has 8 heteroatoms. The molecule has 2 unspecified atom stereocenters. The quantitative estimate of drug-likeness (QED) is 0.772. The van der Waals surface area contributed by atoms with Crippen LogP contribution in [0.3, 0.4) is 0 Å². The largest absolute Gasteiger partial charge is 0.507 e. The summed E-state index contributed by atoms with van der Waals surface area (Å²) in [6.07, 6.45) is -2.41. The van der Waals surface area contributed by atoms with Crippen LogP contribution < -0.4 is 10.6 Å². The first kappa shape index (κ1) is 18.4. The smallest absolute Gasteiger partial charge is 0.416 e. The lowest BCUT2D eigenvalue weighted by molar-refractivity contribution is -0.137. The van der Waals surface area contributed by atoms with Crippen molar-refractivity contribution in [1.82, 2.24) is 15.5 Å². The molecular weight excluding hydrogens is 345 g/mol. The summed E-state index contributed by atoms with van der Waals surface area (Å²) in [5.74, 6) is 0.135. The molecule has 140 valence electrons. The first-order valence-electron chi connectivity index (χ1n) is 8.50. The minimum absolute atomic E-state index is 0.241. The molecule has 0 saturated carbocycles. The van der Waals surface area contributed by atoms with Gasteiger partial charge >= 0.3 is 6.18 Å². The minimum Gasteiger partial charge on any atom is -0.507 e. The molecule has 0 aliphatic carbocycles. The van der Waals surface area contributed by atoms with Gasteiger partial charge in [0.25, 0.3) is 0 Å².